The molecule has 0 amide bonds. The van der Waals surface area contributed by atoms with Gasteiger partial charge in [-0.05, 0) is 31.0 Å². The number of aromatic nitrogens is 2. The first kappa shape index (κ1) is 14.6. The first-order chi connectivity index (χ1) is 11.8. The molecule has 4 rings (SSSR count). The van der Waals surface area contributed by atoms with Crippen molar-refractivity contribution in [1.82, 2.24) is 10.1 Å². The fraction of sp³-hybridized carbons (Fsp3) is 0.235. The molecule has 0 spiro atoms. The number of hydrogen-bond donors (Lipinski definition) is 0. The van der Waals surface area contributed by atoms with Crippen LogP contribution in [0.4, 0.5) is 0 Å². The van der Waals surface area contributed by atoms with Crippen LogP contribution in [0.1, 0.15) is 35.2 Å². The SMILES string of the molecule is O=C(Oc1cccc(-c2noc(C3CCCO3)n2)c1)c1ccoc1. The van der Waals surface area contributed by atoms with E-state index in [-0.39, 0.29) is 6.10 Å². The molecule has 1 atom stereocenters. The van der Waals surface area contributed by atoms with E-state index in [0.717, 1.165) is 12.8 Å². The zero-order chi connectivity index (χ0) is 16.4. The summed E-state index contributed by atoms with van der Waals surface area (Å²) in [7, 11) is 0. The molecule has 2 aromatic heterocycles. The van der Waals surface area contributed by atoms with E-state index in [1.807, 2.05) is 6.07 Å². The van der Waals surface area contributed by atoms with Gasteiger partial charge in [-0.25, -0.2) is 4.79 Å². The molecule has 0 saturated carbocycles. The van der Waals surface area contributed by atoms with Crippen LogP contribution in [-0.2, 0) is 4.74 Å². The molecule has 24 heavy (non-hydrogen) atoms. The van der Waals surface area contributed by atoms with Gasteiger partial charge < -0.3 is 18.4 Å². The van der Waals surface area contributed by atoms with Gasteiger partial charge in [-0.1, -0.05) is 17.3 Å². The molecule has 7 nitrogen and oxygen atoms in total. The third-order valence-electron chi connectivity index (χ3n) is 3.71. The van der Waals surface area contributed by atoms with Crippen LogP contribution >= 0.6 is 0 Å². The first-order valence-corrected chi connectivity index (χ1v) is 7.59. The molecule has 7 heteroatoms. The van der Waals surface area contributed by atoms with Gasteiger partial charge in [0.1, 0.15) is 18.1 Å². The van der Waals surface area contributed by atoms with Gasteiger partial charge in [0, 0.05) is 12.2 Å². The lowest BCUT2D eigenvalue weighted by atomic mass is 10.2. The highest BCUT2D eigenvalue weighted by Crippen LogP contribution is 2.29. The van der Waals surface area contributed by atoms with Crippen molar-refractivity contribution in [2.24, 2.45) is 0 Å². The second kappa shape index (κ2) is 6.29. The summed E-state index contributed by atoms with van der Waals surface area (Å²) in [5.41, 5.74) is 1.04. The lowest BCUT2D eigenvalue weighted by Gasteiger charge is -2.03. The number of hydrogen-bond acceptors (Lipinski definition) is 7. The van der Waals surface area contributed by atoms with E-state index < -0.39 is 5.97 Å². The van der Waals surface area contributed by atoms with Crippen LogP contribution in [-0.4, -0.2) is 22.7 Å². The summed E-state index contributed by atoms with van der Waals surface area (Å²) >= 11 is 0. The number of furan rings is 1. The Labute approximate surface area is 137 Å². The third-order valence-corrected chi connectivity index (χ3v) is 3.71. The van der Waals surface area contributed by atoms with Gasteiger partial charge in [0.25, 0.3) is 5.89 Å². The van der Waals surface area contributed by atoms with Crippen molar-refractivity contribution in [2.75, 3.05) is 6.61 Å². The summed E-state index contributed by atoms with van der Waals surface area (Å²) in [6.45, 7) is 0.710. The van der Waals surface area contributed by atoms with E-state index in [0.29, 0.717) is 35.2 Å². The van der Waals surface area contributed by atoms with Gasteiger partial charge in [0.05, 0.1) is 11.8 Å². The Balaban J connectivity index is 1.53. The predicted molar refractivity (Wildman–Crippen MR) is 81.3 cm³/mol. The van der Waals surface area contributed by atoms with Gasteiger partial charge in [0.2, 0.25) is 5.82 Å². The molecule has 0 N–H and O–H groups in total. The number of rotatable bonds is 4. The molecule has 1 saturated heterocycles. The number of esters is 1. The average Bonchev–Trinajstić information content (AvgIpc) is 3.36. The van der Waals surface area contributed by atoms with Gasteiger partial charge in [0.15, 0.2) is 0 Å². The standard InChI is InChI=1S/C17H14N2O5/c20-17(12-6-8-21-10-12)23-13-4-1-3-11(9-13)15-18-16(24-19-15)14-5-2-7-22-14/h1,3-4,6,8-10,14H,2,5,7H2. The second-order valence-corrected chi connectivity index (χ2v) is 5.39. The summed E-state index contributed by atoms with van der Waals surface area (Å²) in [5, 5.41) is 3.98. The maximum absolute atomic E-state index is 12.0. The molecule has 3 heterocycles. The Hall–Kier alpha value is -2.93. The van der Waals surface area contributed by atoms with Crippen LogP contribution in [0, 0.1) is 0 Å². The van der Waals surface area contributed by atoms with Crippen molar-refractivity contribution in [2.45, 2.75) is 18.9 Å². The zero-order valence-electron chi connectivity index (χ0n) is 12.7. The van der Waals surface area contributed by atoms with Crippen LogP contribution < -0.4 is 4.74 Å². The van der Waals surface area contributed by atoms with Gasteiger partial charge in [-0.2, -0.15) is 4.98 Å². The molecule has 122 valence electrons. The van der Waals surface area contributed by atoms with Crippen LogP contribution in [0.2, 0.25) is 0 Å². The highest BCUT2D eigenvalue weighted by molar-refractivity contribution is 5.90. The molecular weight excluding hydrogens is 312 g/mol. The van der Waals surface area contributed by atoms with Gasteiger partial charge in [-0.15, -0.1) is 0 Å². The molecule has 1 aliphatic rings. The van der Waals surface area contributed by atoms with E-state index in [9.17, 15) is 4.79 Å². The number of carbonyl (C=O) groups excluding carboxylic acids is 1. The largest absolute Gasteiger partial charge is 0.472 e. The fourth-order valence-electron chi connectivity index (χ4n) is 2.50. The number of benzene rings is 1. The van der Waals surface area contributed by atoms with Crippen molar-refractivity contribution < 1.29 is 23.2 Å². The highest BCUT2D eigenvalue weighted by atomic mass is 16.5. The molecule has 0 radical (unpaired) electrons. The molecular formula is C17H14N2O5. The van der Waals surface area contributed by atoms with Crippen molar-refractivity contribution in [3.05, 3.63) is 54.3 Å². The van der Waals surface area contributed by atoms with Crippen molar-refractivity contribution in [1.29, 1.82) is 0 Å². The molecule has 1 aliphatic heterocycles. The maximum atomic E-state index is 12.0. The van der Waals surface area contributed by atoms with E-state index in [1.165, 1.54) is 12.5 Å². The van der Waals surface area contributed by atoms with Crippen LogP contribution in [0.3, 0.4) is 0 Å². The Morgan fingerprint density at radius 1 is 1.29 bits per heavy atom. The summed E-state index contributed by atoms with van der Waals surface area (Å²) < 4.78 is 21.0. The summed E-state index contributed by atoms with van der Waals surface area (Å²) in [5.74, 6) is 0.807. The van der Waals surface area contributed by atoms with Crippen molar-refractivity contribution in [3.8, 4) is 17.1 Å². The fourth-order valence-corrected chi connectivity index (χ4v) is 2.50. The minimum Gasteiger partial charge on any atom is -0.472 e. The Bertz CT molecular complexity index is 834. The minimum atomic E-state index is -0.492. The molecule has 1 aromatic carbocycles. The molecule has 0 bridgehead atoms. The second-order valence-electron chi connectivity index (χ2n) is 5.39. The molecule has 1 fully saturated rings. The summed E-state index contributed by atoms with van der Waals surface area (Å²) in [6.07, 6.45) is 4.48. The van der Waals surface area contributed by atoms with E-state index >= 15 is 0 Å². The lowest BCUT2D eigenvalue weighted by molar-refractivity contribution is 0.0734. The minimum absolute atomic E-state index is 0.131. The van der Waals surface area contributed by atoms with E-state index in [1.54, 1.807) is 24.3 Å². The van der Waals surface area contributed by atoms with Crippen molar-refractivity contribution in [3.63, 3.8) is 0 Å². The topological polar surface area (TPSA) is 87.6 Å². The monoisotopic (exact) mass is 326 g/mol. The maximum Gasteiger partial charge on any atom is 0.346 e. The lowest BCUT2D eigenvalue weighted by Crippen LogP contribution is -2.07. The number of ether oxygens (including phenoxy) is 2. The summed E-state index contributed by atoms with van der Waals surface area (Å²) in [4.78, 5) is 16.3. The predicted octanol–water partition coefficient (Wildman–Crippen LogP) is 3.40. The Morgan fingerprint density at radius 2 is 2.25 bits per heavy atom. The average molecular weight is 326 g/mol. The van der Waals surface area contributed by atoms with Crippen molar-refractivity contribution >= 4 is 5.97 Å². The number of nitrogens with zero attached hydrogens (tertiary/aromatic N) is 2. The van der Waals surface area contributed by atoms with Crippen LogP contribution in [0.15, 0.2) is 51.8 Å². The van der Waals surface area contributed by atoms with Gasteiger partial charge >= 0.3 is 5.97 Å². The molecule has 3 aromatic rings. The van der Waals surface area contributed by atoms with E-state index in [2.05, 4.69) is 10.1 Å². The number of carbonyl (C=O) groups is 1. The first-order valence-electron chi connectivity index (χ1n) is 7.59. The highest BCUT2D eigenvalue weighted by Gasteiger charge is 2.24. The summed E-state index contributed by atoms with van der Waals surface area (Å²) in [6, 6.07) is 8.48. The third kappa shape index (κ3) is 2.93. The van der Waals surface area contributed by atoms with Crippen LogP contribution in [0.25, 0.3) is 11.4 Å². The Kier molecular flexibility index (Phi) is 3.84. The van der Waals surface area contributed by atoms with Crippen LogP contribution in [0.5, 0.6) is 5.75 Å². The molecule has 1 unspecified atom stereocenters. The smallest absolute Gasteiger partial charge is 0.346 e. The van der Waals surface area contributed by atoms with Gasteiger partial charge in [-0.3, -0.25) is 0 Å². The zero-order valence-corrected chi connectivity index (χ0v) is 12.7. The normalized spacial score (nSPS) is 17.1. The quantitative estimate of drug-likeness (QED) is 0.536. The molecule has 0 aliphatic carbocycles. The Morgan fingerprint density at radius 3 is 3.04 bits per heavy atom. The van der Waals surface area contributed by atoms with E-state index in [4.69, 9.17) is 18.4 Å².